The number of amides is 1. The minimum Gasteiger partial charge on any atom is -0.461 e. The fraction of sp³-hybridized carbons (Fsp3) is 0.348. The Morgan fingerprint density at radius 2 is 2.03 bits per heavy atom. The van der Waals surface area contributed by atoms with E-state index in [0.29, 0.717) is 16.9 Å². The van der Waals surface area contributed by atoms with Crippen molar-refractivity contribution in [2.45, 2.75) is 45.3 Å². The van der Waals surface area contributed by atoms with Crippen LogP contribution >= 0.6 is 0 Å². The number of pyridine rings is 1. The van der Waals surface area contributed by atoms with Crippen LogP contribution in [0.4, 0.5) is 5.82 Å². The first-order valence-electron chi connectivity index (χ1n) is 11.1. The molecule has 1 aliphatic rings. The standard InChI is InChI=1S/C23H24N8O3/c1-14-8-24-7-6-18(14)31-21-17(10-29-31)23(28-13-27-21)34-19(12-33-16-4-3-5-16)22(32)30-20-11-25-15(2)9-26-20/h6-11,13,16,19H,3-5,12H2,1-2H3,(H,26,30,32)/t19-/m0/s1. The molecule has 0 spiro atoms. The van der Waals surface area contributed by atoms with Crippen molar-refractivity contribution >= 4 is 22.8 Å². The fourth-order valence-corrected chi connectivity index (χ4v) is 3.52. The number of hydrogen-bond donors (Lipinski definition) is 1. The Bertz CT molecular complexity index is 1300. The van der Waals surface area contributed by atoms with Gasteiger partial charge in [-0.1, -0.05) is 0 Å². The Kier molecular flexibility index (Phi) is 6.09. The third-order valence-corrected chi connectivity index (χ3v) is 5.66. The minimum absolute atomic E-state index is 0.0822. The maximum Gasteiger partial charge on any atom is 0.269 e. The monoisotopic (exact) mass is 460 g/mol. The summed E-state index contributed by atoms with van der Waals surface area (Å²) in [6.07, 6.45) is 11.8. The van der Waals surface area contributed by atoms with Crippen LogP contribution in [0.25, 0.3) is 16.7 Å². The molecule has 11 nitrogen and oxygen atoms in total. The largest absolute Gasteiger partial charge is 0.461 e. The summed E-state index contributed by atoms with van der Waals surface area (Å²) in [5.74, 6) is 0.179. The fourth-order valence-electron chi connectivity index (χ4n) is 3.52. The quantitative estimate of drug-likeness (QED) is 0.421. The van der Waals surface area contributed by atoms with Gasteiger partial charge in [0.15, 0.2) is 11.5 Å². The average Bonchev–Trinajstić information content (AvgIpc) is 3.24. The molecule has 0 bridgehead atoms. The van der Waals surface area contributed by atoms with Crippen molar-refractivity contribution in [2.75, 3.05) is 11.9 Å². The number of ether oxygens (including phenoxy) is 2. The molecular weight excluding hydrogens is 436 g/mol. The van der Waals surface area contributed by atoms with Crippen molar-refractivity contribution < 1.29 is 14.3 Å². The molecule has 1 aliphatic carbocycles. The van der Waals surface area contributed by atoms with E-state index in [9.17, 15) is 4.79 Å². The lowest BCUT2D eigenvalue weighted by molar-refractivity contribution is -0.128. The molecule has 174 valence electrons. The summed E-state index contributed by atoms with van der Waals surface area (Å²) in [7, 11) is 0. The van der Waals surface area contributed by atoms with Gasteiger partial charge in [0, 0.05) is 12.4 Å². The Labute approximate surface area is 195 Å². The van der Waals surface area contributed by atoms with Gasteiger partial charge < -0.3 is 14.8 Å². The third kappa shape index (κ3) is 4.55. The molecule has 5 rings (SSSR count). The highest BCUT2D eigenvalue weighted by Crippen LogP contribution is 2.26. The number of nitrogens with one attached hydrogen (secondary N) is 1. The summed E-state index contributed by atoms with van der Waals surface area (Å²) in [5.41, 5.74) is 3.10. The van der Waals surface area contributed by atoms with Crippen molar-refractivity contribution in [3.63, 3.8) is 0 Å². The minimum atomic E-state index is -0.951. The van der Waals surface area contributed by atoms with Gasteiger partial charge in [0.25, 0.3) is 5.91 Å². The van der Waals surface area contributed by atoms with E-state index in [1.54, 1.807) is 29.5 Å². The average molecular weight is 460 g/mol. The van der Waals surface area contributed by atoms with Crippen LogP contribution in [0, 0.1) is 13.8 Å². The summed E-state index contributed by atoms with van der Waals surface area (Å²) in [6, 6.07) is 1.86. The molecule has 1 saturated carbocycles. The zero-order valence-electron chi connectivity index (χ0n) is 18.9. The SMILES string of the molecule is Cc1cnc(NC(=O)[C@H](COC2CCC2)Oc2ncnc3c2cnn3-c2ccncc2C)cn1. The predicted molar refractivity (Wildman–Crippen MR) is 123 cm³/mol. The molecule has 4 aromatic heterocycles. The number of carbonyl (C=O) groups excluding carboxylic acids is 1. The lowest BCUT2D eigenvalue weighted by atomic mass is 9.96. The maximum atomic E-state index is 13.1. The van der Waals surface area contributed by atoms with Gasteiger partial charge in [-0.15, -0.1) is 0 Å². The Balaban J connectivity index is 1.41. The first kappa shape index (κ1) is 21.8. The number of nitrogens with zero attached hydrogens (tertiary/aromatic N) is 7. The van der Waals surface area contributed by atoms with Crippen molar-refractivity contribution in [1.82, 2.24) is 34.7 Å². The van der Waals surface area contributed by atoms with Gasteiger partial charge in [-0.05, 0) is 44.7 Å². The van der Waals surface area contributed by atoms with Gasteiger partial charge in [-0.2, -0.15) is 5.10 Å². The van der Waals surface area contributed by atoms with E-state index in [0.717, 1.165) is 36.2 Å². The molecule has 4 aromatic rings. The number of aryl methyl sites for hydroxylation is 2. The number of hydrogen-bond acceptors (Lipinski definition) is 9. The molecule has 0 saturated heterocycles. The van der Waals surface area contributed by atoms with Crippen LogP contribution in [-0.4, -0.2) is 59.4 Å². The summed E-state index contributed by atoms with van der Waals surface area (Å²) < 4.78 is 13.7. The molecule has 0 aromatic carbocycles. The van der Waals surface area contributed by atoms with Gasteiger partial charge in [-0.3, -0.25) is 14.8 Å². The number of rotatable bonds is 8. The number of carbonyl (C=O) groups is 1. The second-order valence-corrected chi connectivity index (χ2v) is 8.16. The molecule has 4 heterocycles. The Morgan fingerprint density at radius 3 is 2.76 bits per heavy atom. The number of fused-ring (bicyclic) bond motifs is 1. The van der Waals surface area contributed by atoms with Gasteiger partial charge >= 0.3 is 0 Å². The van der Waals surface area contributed by atoms with E-state index in [1.807, 2.05) is 19.9 Å². The van der Waals surface area contributed by atoms with Crippen LogP contribution in [0.3, 0.4) is 0 Å². The molecule has 1 N–H and O–H groups in total. The summed E-state index contributed by atoms with van der Waals surface area (Å²) in [4.78, 5) is 34.2. The topological polar surface area (TPSA) is 130 Å². The third-order valence-electron chi connectivity index (χ3n) is 5.66. The van der Waals surface area contributed by atoms with E-state index in [-0.39, 0.29) is 18.6 Å². The maximum absolute atomic E-state index is 13.1. The highest BCUT2D eigenvalue weighted by atomic mass is 16.5. The lowest BCUT2D eigenvalue weighted by Gasteiger charge is -2.27. The summed E-state index contributed by atoms with van der Waals surface area (Å²) in [5, 5.41) is 7.79. The van der Waals surface area contributed by atoms with Crippen molar-refractivity contribution in [3.05, 3.63) is 54.6 Å². The van der Waals surface area contributed by atoms with Crippen molar-refractivity contribution in [3.8, 4) is 11.6 Å². The van der Waals surface area contributed by atoms with E-state index in [1.165, 1.54) is 12.5 Å². The number of aromatic nitrogens is 7. The summed E-state index contributed by atoms with van der Waals surface area (Å²) in [6.45, 7) is 3.85. The van der Waals surface area contributed by atoms with E-state index < -0.39 is 12.0 Å². The Hall–Kier alpha value is -3.99. The van der Waals surface area contributed by atoms with Crippen LogP contribution in [0.2, 0.25) is 0 Å². The normalized spacial score (nSPS) is 14.5. The van der Waals surface area contributed by atoms with Crippen LogP contribution in [0.1, 0.15) is 30.5 Å². The highest BCUT2D eigenvalue weighted by molar-refractivity contribution is 5.94. The summed E-state index contributed by atoms with van der Waals surface area (Å²) >= 11 is 0. The van der Waals surface area contributed by atoms with Gasteiger partial charge in [0.2, 0.25) is 12.0 Å². The Morgan fingerprint density at radius 1 is 1.15 bits per heavy atom. The predicted octanol–water partition coefficient (Wildman–Crippen LogP) is 2.57. The van der Waals surface area contributed by atoms with Crippen molar-refractivity contribution in [2.24, 2.45) is 0 Å². The molecular formula is C23H24N8O3. The molecule has 11 heteroatoms. The zero-order chi connectivity index (χ0) is 23.5. The highest BCUT2D eigenvalue weighted by Gasteiger charge is 2.27. The van der Waals surface area contributed by atoms with Gasteiger partial charge in [-0.25, -0.2) is 19.6 Å². The van der Waals surface area contributed by atoms with Gasteiger partial charge in [0.05, 0.1) is 42.7 Å². The van der Waals surface area contributed by atoms with Gasteiger partial charge in [0.1, 0.15) is 11.7 Å². The van der Waals surface area contributed by atoms with E-state index in [4.69, 9.17) is 9.47 Å². The molecule has 1 fully saturated rings. The second kappa shape index (κ2) is 9.48. The van der Waals surface area contributed by atoms with E-state index >= 15 is 0 Å². The van der Waals surface area contributed by atoms with Crippen LogP contribution in [0.15, 0.2) is 43.4 Å². The lowest BCUT2D eigenvalue weighted by Crippen LogP contribution is -2.39. The number of anilines is 1. The van der Waals surface area contributed by atoms with Crippen LogP contribution in [0.5, 0.6) is 5.88 Å². The van der Waals surface area contributed by atoms with Crippen molar-refractivity contribution in [1.29, 1.82) is 0 Å². The molecule has 0 unspecified atom stereocenters. The van der Waals surface area contributed by atoms with Crippen LogP contribution < -0.4 is 10.1 Å². The van der Waals surface area contributed by atoms with Crippen LogP contribution in [-0.2, 0) is 9.53 Å². The first-order valence-corrected chi connectivity index (χ1v) is 11.1. The molecule has 0 aliphatic heterocycles. The second-order valence-electron chi connectivity index (χ2n) is 8.16. The molecule has 1 amide bonds. The first-order chi connectivity index (χ1) is 16.6. The van der Waals surface area contributed by atoms with E-state index in [2.05, 4.69) is 35.3 Å². The smallest absolute Gasteiger partial charge is 0.269 e. The zero-order valence-corrected chi connectivity index (χ0v) is 18.9. The molecule has 0 radical (unpaired) electrons. The molecule has 1 atom stereocenters. The molecule has 34 heavy (non-hydrogen) atoms.